The van der Waals surface area contributed by atoms with Crippen molar-refractivity contribution in [1.29, 1.82) is 0 Å². The minimum absolute atomic E-state index is 0.0199. The lowest BCUT2D eigenvalue weighted by molar-refractivity contribution is -0.118. The molecule has 2 aromatic carbocycles. The second-order valence-electron chi connectivity index (χ2n) is 8.76. The van der Waals surface area contributed by atoms with Crippen LogP contribution in [0.1, 0.15) is 40.0 Å². The smallest absolute Gasteiger partial charge is 0.251 e. The van der Waals surface area contributed by atoms with E-state index < -0.39 is 0 Å². The number of halogens is 1. The lowest BCUT2D eigenvalue weighted by Gasteiger charge is -2.27. The van der Waals surface area contributed by atoms with E-state index in [4.69, 9.17) is 11.6 Å². The molecule has 1 aliphatic carbocycles. The average Bonchev–Trinajstić information content (AvgIpc) is 3.45. The molecule has 0 spiro atoms. The predicted octanol–water partition coefficient (Wildman–Crippen LogP) is 2.84. The van der Waals surface area contributed by atoms with E-state index in [1.807, 2.05) is 6.07 Å². The number of carbonyl (C=O) groups is 3. The number of rotatable bonds is 5. The number of carbonyl (C=O) groups excluding carboxylic acids is 3. The first kappa shape index (κ1) is 22.4. The normalized spacial score (nSPS) is 20.5. The minimum Gasteiger partial charge on any atom is -0.360 e. The van der Waals surface area contributed by atoms with Crippen LogP contribution in [0.15, 0.2) is 48.7 Å². The molecule has 1 saturated heterocycles. The van der Waals surface area contributed by atoms with Crippen molar-refractivity contribution in [3.63, 3.8) is 0 Å². The Morgan fingerprint density at radius 2 is 1.65 bits per heavy atom. The fourth-order valence-corrected chi connectivity index (χ4v) is 4.93. The van der Waals surface area contributed by atoms with Gasteiger partial charge in [-0.1, -0.05) is 17.7 Å². The number of hydrogen-bond acceptors (Lipinski definition) is 4. The minimum atomic E-state index is -0.188. The summed E-state index contributed by atoms with van der Waals surface area (Å²) in [6.07, 6.45) is 4.22. The van der Waals surface area contributed by atoms with Crippen molar-refractivity contribution in [3.8, 4) is 0 Å². The van der Waals surface area contributed by atoms with Gasteiger partial charge in [-0.2, -0.15) is 0 Å². The van der Waals surface area contributed by atoms with Crippen LogP contribution in [-0.2, 0) is 4.79 Å². The Balaban J connectivity index is 1.21. The van der Waals surface area contributed by atoms with Gasteiger partial charge in [0.05, 0.1) is 11.6 Å². The molecule has 0 unspecified atom stereocenters. The van der Waals surface area contributed by atoms with Crippen molar-refractivity contribution in [2.24, 2.45) is 0 Å². The summed E-state index contributed by atoms with van der Waals surface area (Å²) in [5.41, 5.74) is 2.66. The number of nitrogens with one attached hydrogen (secondary N) is 4. The predicted molar refractivity (Wildman–Crippen MR) is 131 cm³/mol. The van der Waals surface area contributed by atoms with Crippen LogP contribution in [0.5, 0.6) is 0 Å². The number of amides is 3. The Bertz CT molecular complexity index is 1240. The molecule has 4 N–H and O–H groups in total. The molecule has 1 saturated carbocycles. The van der Waals surface area contributed by atoms with Crippen molar-refractivity contribution in [2.45, 2.75) is 31.3 Å². The second kappa shape index (κ2) is 9.48. The Labute approximate surface area is 202 Å². The largest absolute Gasteiger partial charge is 0.360 e. The van der Waals surface area contributed by atoms with Crippen LogP contribution in [0.4, 0.5) is 5.69 Å². The summed E-state index contributed by atoms with van der Waals surface area (Å²) in [6.45, 7) is 1.68. The van der Waals surface area contributed by atoms with Gasteiger partial charge in [-0.3, -0.25) is 14.4 Å². The van der Waals surface area contributed by atoms with Crippen molar-refractivity contribution in [2.75, 3.05) is 24.5 Å². The molecule has 8 nitrogen and oxygen atoms in total. The van der Waals surface area contributed by atoms with Crippen LogP contribution in [-0.4, -0.2) is 54.4 Å². The van der Waals surface area contributed by atoms with Gasteiger partial charge in [-0.25, -0.2) is 0 Å². The standard InChI is InChI=1S/C25H26ClN5O3/c26-19-13-28-22-12-16(6-9-18(19)22)25(34)30-21-3-1-2-20(21)29-24(33)15-4-7-17(8-5-15)31-11-10-27-14-23(31)32/h4-9,12-13,20-21,27-28H,1-3,10-11,14H2,(H,29,33)(H,30,34)/t20-,21+/m0/s1. The molecular formula is C25H26ClN5O3. The van der Waals surface area contributed by atoms with Crippen LogP contribution in [0, 0.1) is 0 Å². The molecule has 3 amide bonds. The van der Waals surface area contributed by atoms with E-state index in [9.17, 15) is 14.4 Å². The zero-order chi connectivity index (χ0) is 23.7. The molecule has 1 aliphatic heterocycles. The van der Waals surface area contributed by atoms with E-state index in [2.05, 4.69) is 20.9 Å². The van der Waals surface area contributed by atoms with Gasteiger partial charge in [0.1, 0.15) is 0 Å². The van der Waals surface area contributed by atoms with Crippen LogP contribution in [0.2, 0.25) is 5.02 Å². The Morgan fingerprint density at radius 3 is 2.35 bits per heavy atom. The number of aromatic nitrogens is 1. The number of nitrogens with zero attached hydrogens (tertiary/aromatic N) is 1. The number of benzene rings is 2. The van der Waals surface area contributed by atoms with Gasteiger partial charge in [0.15, 0.2) is 0 Å². The fraction of sp³-hybridized carbons (Fsp3) is 0.320. The lowest BCUT2D eigenvalue weighted by atomic mass is 10.1. The van der Waals surface area contributed by atoms with E-state index >= 15 is 0 Å². The van der Waals surface area contributed by atoms with Crippen LogP contribution >= 0.6 is 11.6 Å². The lowest BCUT2D eigenvalue weighted by Crippen LogP contribution is -2.48. The second-order valence-corrected chi connectivity index (χ2v) is 9.16. The van der Waals surface area contributed by atoms with E-state index in [1.54, 1.807) is 47.5 Å². The first-order valence-electron chi connectivity index (χ1n) is 11.5. The van der Waals surface area contributed by atoms with Gasteiger partial charge < -0.3 is 25.8 Å². The number of H-pyrrole nitrogens is 1. The zero-order valence-corrected chi connectivity index (χ0v) is 19.3. The van der Waals surface area contributed by atoms with Gasteiger partial charge >= 0.3 is 0 Å². The topological polar surface area (TPSA) is 106 Å². The van der Waals surface area contributed by atoms with E-state index in [0.717, 1.165) is 42.4 Å². The van der Waals surface area contributed by atoms with E-state index in [-0.39, 0.29) is 29.8 Å². The van der Waals surface area contributed by atoms with Crippen LogP contribution < -0.4 is 20.9 Å². The van der Waals surface area contributed by atoms with Gasteiger partial charge in [-0.15, -0.1) is 0 Å². The Morgan fingerprint density at radius 1 is 0.971 bits per heavy atom. The maximum atomic E-state index is 12.9. The summed E-state index contributed by atoms with van der Waals surface area (Å²) in [5.74, 6) is -0.345. The Kier molecular flexibility index (Phi) is 6.26. The third-order valence-electron chi connectivity index (χ3n) is 6.57. The number of piperazine rings is 1. The third-order valence-corrected chi connectivity index (χ3v) is 6.89. The first-order valence-corrected chi connectivity index (χ1v) is 11.9. The summed E-state index contributed by atoms with van der Waals surface area (Å²) in [7, 11) is 0. The summed E-state index contributed by atoms with van der Waals surface area (Å²) < 4.78 is 0. The van der Waals surface area contributed by atoms with Crippen molar-refractivity contribution in [3.05, 3.63) is 64.8 Å². The summed E-state index contributed by atoms with van der Waals surface area (Å²) in [5, 5.41) is 10.7. The van der Waals surface area contributed by atoms with Gasteiger partial charge in [0.2, 0.25) is 5.91 Å². The zero-order valence-electron chi connectivity index (χ0n) is 18.6. The summed E-state index contributed by atoms with van der Waals surface area (Å²) in [6, 6.07) is 12.2. The number of anilines is 1. The average molecular weight is 480 g/mol. The van der Waals surface area contributed by atoms with Crippen LogP contribution in [0.3, 0.4) is 0 Å². The molecule has 2 heterocycles. The molecule has 0 radical (unpaired) electrons. The molecule has 0 bridgehead atoms. The molecule has 2 fully saturated rings. The molecular weight excluding hydrogens is 454 g/mol. The molecule has 34 heavy (non-hydrogen) atoms. The Hall–Kier alpha value is -3.36. The summed E-state index contributed by atoms with van der Waals surface area (Å²) in [4.78, 5) is 42.6. The quantitative estimate of drug-likeness (QED) is 0.451. The third kappa shape index (κ3) is 4.51. The fourth-order valence-electron chi connectivity index (χ4n) is 4.71. The summed E-state index contributed by atoms with van der Waals surface area (Å²) >= 11 is 6.12. The number of fused-ring (bicyclic) bond motifs is 1. The maximum absolute atomic E-state index is 12.9. The molecule has 176 valence electrons. The van der Waals surface area contributed by atoms with Crippen molar-refractivity contribution >= 4 is 45.9 Å². The van der Waals surface area contributed by atoms with Gasteiger partial charge in [0, 0.05) is 59.1 Å². The molecule has 5 rings (SSSR count). The SMILES string of the molecule is O=C(N[C@H]1CCC[C@H]1NC(=O)c1ccc2c(Cl)c[nH]c2c1)c1ccc(N2CCNCC2=O)cc1. The number of hydrogen-bond donors (Lipinski definition) is 4. The molecule has 2 aliphatic rings. The highest BCUT2D eigenvalue weighted by molar-refractivity contribution is 6.35. The number of aromatic amines is 1. The van der Waals surface area contributed by atoms with Crippen molar-refractivity contribution in [1.82, 2.24) is 20.9 Å². The highest BCUT2D eigenvalue weighted by Gasteiger charge is 2.30. The van der Waals surface area contributed by atoms with E-state index in [1.165, 1.54) is 0 Å². The molecule has 3 aromatic rings. The highest BCUT2D eigenvalue weighted by Crippen LogP contribution is 2.25. The molecule has 9 heteroatoms. The monoisotopic (exact) mass is 479 g/mol. The van der Waals surface area contributed by atoms with Crippen molar-refractivity contribution < 1.29 is 14.4 Å². The molecule has 1 aromatic heterocycles. The maximum Gasteiger partial charge on any atom is 0.251 e. The molecule has 2 atom stereocenters. The van der Waals surface area contributed by atoms with Gasteiger partial charge in [-0.05, 0) is 55.7 Å². The van der Waals surface area contributed by atoms with Gasteiger partial charge in [0.25, 0.3) is 11.8 Å². The van der Waals surface area contributed by atoms with E-state index in [0.29, 0.717) is 29.2 Å². The van der Waals surface area contributed by atoms with Crippen LogP contribution in [0.25, 0.3) is 10.9 Å². The first-order chi connectivity index (χ1) is 16.5. The highest BCUT2D eigenvalue weighted by atomic mass is 35.5.